The Bertz CT molecular complexity index is 960. The highest BCUT2D eigenvalue weighted by molar-refractivity contribution is 7.77. The maximum absolute atomic E-state index is 13.3. The van der Waals surface area contributed by atoms with Crippen LogP contribution in [0.4, 0.5) is 4.79 Å². The number of unbranched alkanes of at least 4 members (excludes halogenated alkanes) is 1. The van der Waals surface area contributed by atoms with Crippen LogP contribution in [0.25, 0.3) is 0 Å². The van der Waals surface area contributed by atoms with E-state index in [0.717, 1.165) is 25.6 Å². The van der Waals surface area contributed by atoms with Crippen LogP contribution >= 0.6 is 12.8 Å². The zero-order chi connectivity index (χ0) is 45.5. The summed E-state index contributed by atoms with van der Waals surface area (Å²) in [4.78, 5) is 61.6. The molecule has 13 heteroatoms. The molecule has 3 unspecified atom stereocenters. The molecule has 0 bridgehead atoms. The molecular weight excluding hydrogens is 727 g/mol. The first-order valence-electron chi connectivity index (χ1n) is 21.1. The number of urea groups is 1. The van der Waals surface area contributed by atoms with Gasteiger partial charge in [-0.05, 0) is 50.6 Å². The number of thiol groups is 1. The van der Waals surface area contributed by atoms with Crippen molar-refractivity contribution in [1.29, 1.82) is 0 Å². The van der Waals surface area contributed by atoms with Crippen LogP contribution in [-0.2, 0) is 19.2 Å². The van der Waals surface area contributed by atoms with Crippen molar-refractivity contribution >= 4 is 42.7 Å². The quantitative estimate of drug-likeness (QED) is 0.0227. The molecule has 0 aromatic carbocycles. The Morgan fingerprint density at radius 1 is 0.786 bits per heavy atom. The van der Waals surface area contributed by atoms with Gasteiger partial charge in [-0.2, -0.15) is 0 Å². The topological polar surface area (TPSA) is 152 Å². The molecular formula is C43H93N7O5S. The van der Waals surface area contributed by atoms with Gasteiger partial charge in [0.2, 0.25) is 17.6 Å². The van der Waals surface area contributed by atoms with Crippen LogP contribution in [0.5, 0.6) is 0 Å². The van der Waals surface area contributed by atoms with Crippen LogP contribution < -0.4 is 26.6 Å². The molecule has 12 nitrogen and oxygen atoms in total. The lowest BCUT2D eigenvalue weighted by atomic mass is 9.85. The van der Waals surface area contributed by atoms with Crippen LogP contribution in [0.1, 0.15) is 149 Å². The largest absolute Gasteiger partial charge is 0.346 e. The van der Waals surface area contributed by atoms with Gasteiger partial charge in [0.05, 0.1) is 6.04 Å². The van der Waals surface area contributed by atoms with Crippen molar-refractivity contribution in [2.24, 2.45) is 16.7 Å². The maximum Gasteiger partial charge on any atom is 0.315 e. The number of likely N-dealkylation sites (N-methyl/N-ethyl adjacent to an activating group) is 3. The third-order valence-corrected chi connectivity index (χ3v) is 8.42. The van der Waals surface area contributed by atoms with Gasteiger partial charge in [-0.15, -0.1) is 6.58 Å². The van der Waals surface area contributed by atoms with Gasteiger partial charge >= 0.3 is 6.03 Å². The van der Waals surface area contributed by atoms with Gasteiger partial charge in [-0.1, -0.05) is 142 Å². The van der Waals surface area contributed by atoms with Crippen LogP contribution in [0.3, 0.4) is 0 Å². The number of nitrogens with one attached hydrogen (secondary N) is 5. The van der Waals surface area contributed by atoms with Crippen LogP contribution in [0, 0.1) is 16.7 Å². The zero-order valence-corrected chi connectivity index (χ0v) is 40.7. The van der Waals surface area contributed by atoms with Crippen LogP contribution in [0.2, 0.25) is 0 Å². The molecule has 0 heterocycles. The Balaban J connectivity index is -0.000000289. The fourth-order valence-corrected chi connectivity index (χ4v) is 4.60. The summed E-state index contributed by atoms with van der Waals surface area (Å²) in [6, 6.07) is -2.18. The summed E-state index contributed by atoms with van der Waals surface area (Å²) in [5, 5.41) is 14.6. The fourth-order valence-electron chi connectivity index (χ4n) is 4.50. The second-order valence-electron chi connectivity index (χ2n) is 14.9. The van der Waals surface area contributed by atoms with Crippen molar-refractivity contribution in [3.05, 3.63) is 12.7 Å². The summed E-state index contributed by atoms with van der Waals surface area (Å²) in [6.07, 6.45) is 7.31. The van der Waals surface area contributed by atoms with Crippen LogP contribution in [-0.4, -0.2) is 111 Å². The van der Waals surface area contributed by atoms with Crippen molar-refractivity contribution < 1.29 is 24.0 Å². The minimum atomic E-state index is -0.850. The van der Waals surface area contributed by atoms with E-state index in [2.05, 4.69) is 66.7 Å². The van der Waals surface area contributed by atoms with Crippen molar-refractivity contribution in [3.63, 3.8) is 0 Å². The fraction of sp³-hybridized carbons (Fsp3) is 0.837. The molecule has 0 saturated heterocycles. The lowest BCUT2D eigenvalue weighted by Crippen LogP contribution is -2.59. The first-order chi connectivity index (χ1) is 26.2. The predicted molar refractivity (Wildman–Crippen MR) is 245 cm³/mol. The molecule has 0 aliphatic rings. The minimum Gasteiger partial charge on any atom is -0.346 e. The van der Waals surface area contributed by atoms with E-state index in [1.54, 1.807) is 16.3 Å². The van der Waals surface area contributed by atoms with E-state index >= 15 is 0 Å². The number of hydrogen-bond donors (Lipinski definition) is 6. The third kappa shape index (κ3) is 39.7. The number of Topliss-reactive ketones (excluding diaryl/α,β-unsaturated/α-hetero) is 1. The smallest absolute Gasteiger partial charge is 0.315 e. The van der Waals surface area contributed by atoms with Crippen molar-refractivity contribution in [3.8, 4) is 0 Å². The Morgan fingerprint density at radius 3 is 1.62 bits per heavy atom. The Hall–Kier alpha value is -2.48. The average molecular weight is 820 g/mol. The molecule has 0 aromatic rings. The standard InChI is InChI=1S/C26H50N6O5S.C7H16.C4H9N.3C2H6/c1-18(19(34)17-33)28-21(35)12-10-11-14-31(8)23(36)22(26(5,6)7)30-24(37)29-20(25(2,3)4)16-27-13-15-32(9)38;1-4-7(5-2)6-3;1-3-4-5-2;3*1-2/h17-18,20,22,27,38H,10-16H2,1-9H3,(H,28,35)(H2,29,30,37);7H,4-6H2,1-3H3;3,5H,1,4H2,2H3;3*1-2H3. The first kappa shape index (κ1) is 65.4. The highest BCUT2D eigenvalue weighted by Gasteiger charge is 2.36. The summed E-state index contributed by atoms with van der Waals surface area (Å²) in [6.45, 7) is 38.9. The van der Waals surface area contributed by atoms with E-state index in [9.17, 15) is 24.0 Å². The van der Waals surface area contributed by atoms with Crippen molar-refractivity contribution in [2.75, 3.05) is 53.9 Å². The molecule has 0 fully saturated rings. The second kappa shape index (κ2) is 42.1. The minimum absolute atomic E-state index is 0.170. The molecule has 3 atom stereocenters. The number of ketones is 1. The number of hydrogen-bond acceptors (Lipinski definition) is 9. The summed E-state index contributed by atoms with van der Waals surface area (Å²) in [7, 11) is 5.43. The zero-order valence-electron chi connectivity index (χ0n) is 39.8. The predicted octanol–water partition coefficient (Wildman–Crippen LogP) is 7.69. The Kier molecular flexibility index (Phi) is 49.2. The van der Waals surface area contributed by atoms with Crippen molar-refractivity contribution in [2.45, 2.75) is 167 Å². The number of carbonyl (C=O) groups is 5. The molecule has 0 aromatic heterocycles. The Labute approximate surface area is 352 Å². The number of carbonyl (C=O) groups excluding carboxylic acids is 5. The summed E-state index contributed by atoms with van der Waals surface area (Å²) in [5.41, 5.74) is -0.740. The van der Waals surface area contributed by atoms with E-state index in [0.29, 0.717) is 25.9 Å². The molecule has 5 N–H and O–H groups in total. The molecule has 0 rings (SSSR count). The monoisotopic (exact) mass is 820 g/mol. The molecule has 0 aliphatic heterocycles. The first-order valence-corrected chi connectivity index (χ1v) is 21.5. The van der Waals surface area contributed by atoms with Gasteiger partial charge in [-0.3, -0.25) is 23.5 Å². The van der Waals surface area contributed by atoms with E-state index in [1.807, 2.05) is 103 Å². The third-order valence-electron chi connectivity index (χ3n) is 8.22. The summed E-state index contributed by atoms with van der Waals surface area (Å²) in [5.74, 6) is -0.238. The highest BCUT2D eigenvalue weighted by atomic mass is 32.1. The number of aldehydes is 1. The maximum atomic E-state index is 13.3. The molecule has 336 valence electrons. The average Bonchev–Trinajstić information content (AvgIpc) is 3.15. The normalized spacial score (nSPS) is 12.0. The lowest BCUT2D eigenvalue weighted by Gasteiger charge is -2.36. The Morgan fingerprint density at radius 2 is 1.29 bits per heavy atom. The molecule has 0 radical (unpaired) electrons. The molecule has 0 saturated carbocycles. The number of nitrogens with zero attached hydrogens (tertiary/aromatic N) is 2. The van der Waals surface area contributed by atoms with Gasteiger partial charge in [0.1, 0.15) is 6.04 Å². The summed E-state index contributed by atoms with van der Waals surface area (Å²) >= 11 is 4.23. The van der Waals surface area contributed by atoms with Crippen molar-refractivity contribution in [1.82, 2.24) is 35.8 Å². The second-order valence-corrected chi connectivity index (χ2v) is 15.6. The number of rotatable bonds is 21. The molecule has 56 heavy (non-hydrogen) atoms. The van der Waals surface area contributed by atoms with E-state index in [1.165, 1.54) is 26.2 Å². The SMILES string of the molecule is C=CCNC.CC.CC.CC.CC(NC(=O)CCCCN(C)C(=O)C(NC(=O)NC(CNCCN(C)S)C(C)(C)C)C(C)(C)C)C(=O)C=O.CCC(CC)CC. The molecule has 0 spiro atoms. The molecule has 4 amide bonds. The van der Waals surface area contributed by atoms with Gasteiger partial charge in [-0.25, -0.2) is 4.79 Å². The van der Waals surface area contributed by atoms with E-state index in [4.69, 9.17) is 0 Å². The van der Waals surface area contributed by atoms with Gasteiger partial charge in [0.25, 0.3) is 0 Å². The van der Waals surface area contributed by atoms with Crippen LogP contribution in [0.15, 0.2) is 12.7 Å². The number of amides is 4. The lowest BCUT2D eigenvalue weighted by molar-refractivity contribution is -0.134. The highest BCUT2D eigenvalue weighted by Crippen LogP contribution is 2.22. The van der Waals surface area contributed by atoms with E-state index < -0.39 is 29.3 Å². The molecule has 0 aliphatic carbocycles. The van der Waals surface area contributed by atoms with Gasteiger partial charge in [0.15, 0.2) is 6.29 Å². The van der Waals surface area contributed by atoms with Gasteiger partial charge < -0.3 is 31.5 Å². The van der Waals surface area contributed by atoms with Gasteiger partial charge in [0, 0.05) is 52.2 Å². The van der Waals surface area contributed by atoms with E-state index in [-0.39, 0.29) is 36.0 Å². The summed E-state index contributed by atoms with van der Waals surface area (Å²) < 4.78 is 1.78.